The van der Waals surface area contributed by atoms with Crippen molar-refractivity contribution in [2.75, 3.05) is 18.5 Å². The van der Waals surface area contributed by atoms with E-state index in [1.165, 1.54) is 11.8 Å². The summed E-state index contributed by atoms with van der Waals surface area (Å²) in [7, 11) is 1.72. The van der Waals surface area contributed by atoms with Crippen LogP contribution in [0.4, 0.5) is 11.5 Å². The molecule has 6 nitrogen and oxygen atoms in total. The van der Waals surface area contributed by atoms with Crippen molar-refractivity contribution in [3.8, 4) is 0 Å². The number of carbonyl (C=O) groups excluding carboxylic acids is 2. The van der Waals surface area contributed by atoms with Crippen molar-refractivity contribution in [3.05, 3.63) is 58.6 Å². The Bertz CT molecular complexity index is 1030. The third-order valence-corrected chi connectivity index (χ3v) is 5.62. The van der Waals surface area contributed by atoms with Crippen LogP contribution >= 0.6 is 11.8 Å². The van der Waals surface area contributed by atoms with E-state index in [0.29, 0.717) is 28.0 Å². The lowest BCUT2D eigenvalue weighted by molar-refractivity contribution is -0.122. The van der Waals surface area contributed by atoms with Gasteiger partial charge in [-0.15, -0.1) is 0 Å². The van der Waals surface area contributed by atoms with Crippen molar-refractivity contribution >= 4 is 45.8 Å². The highest BCUT2D eigenvalue weighted by atomic mass is 32.2. The minimum atomic E-state index is -0.192. The molecule has 1 aromatic carbocycles. The largest absolute Gasteiger partial charge is 0.311 e. The third kappa shape index (κ3) is 2.84. The Hall–Kier alpha value is -2.93. The number of para-hydroxylation sites is 1. The summed E-state index contributed by atoms with van der Waals surface area (Å²) in [5.74, 6) is 0.186. The van der Waals surface area contributed by atoms with E-state index >= 15 is 0 Å². The summed E-state index contributed by atoms with van der Waals surface area (Å²) >= 11 is 1.24. The van der Waals surface area contributed by atoms with Crippen LogP contribution in [0.15, 0.2) is 52.4 Å². The number of rotatable bonds is 2. The lowest BCUT2D eigenvalue weighted by Crippen LogP contribution is -2.29. The Balaban J connectivity index is 1.83. The molecule has 4 rings (SSSR count). The topological polar surface area (TPSA) is 65.9 Å². The van der Waals surface area contributed by atoms with E-state index in [4.69, 9.17) is 0 Å². The molecule has 2 aliphatic rings. The van der Waals surface area contributed by atoms with E-state index in [0.717, 1.165) is 16.9 Å². The molecular weight excluding hydrogens is 360 g/mol. The summed E-state index contributed by atoms with van der Waals surface area (Å²) in [6, 6.07) is 13.1. The predicted molar refractivity (Wildman–Crippen MR) is 108 cm³/mol. The van der Waals surface area contributed by atoms with E-state index < -0.39 is 0 Å². The average molecular weight is 378 g/mol. The van der Waals surface area contributed by atoms with Crippen LogP contribution in [0.25, 0.3) is 5.57 Å². The van der Waals surface area contributed by atoms with Gasteiger partial charge in [0.2, 0.25) is 0 Å². The quantitative estimate of drug-likeness (QED) is 0.752. The first kappa shape index (κ1) is 17.5. The molecule has 1 aromatic heterocycles. The number of anilines is 1. The molecule has 0 spiro atoms. The highest BCUT2D eigenvalue weighted by molar-refractivity contribution is 8.18. The van der Waals surface area contributed by atoms with Crippen molar-refractivity contribution < 1.29 is 9.59 Å². The maximum Gasteiger partial charge on any atom is 0.267 e. The van der Waals surface area contributed by atoms with Crippen LogP contribution < -0.4 is 4.90 Å². The summed E-state index contributed by atoms with van der Waals surface area (Å²) in [4.78, 5) is 38.4. The summed E-state index contributed by atoms with van der Waals surface area (Å²) < 4.78 is 0. The number of aliphatic imine (C=N–C) groups is 1. The number of hydrogen-bond donors (Lipinski definition) is 0. The minimum absolute atomic E-state index is 0.168. The molecule has 2 aromatic rings. The molecule has 2 aliphatic heterocycles. The highest BCUT2D eigenvalue weighted by Gasteiger charge is 2.41. The molecule has 0 N–H and O–H groups in total. The Morgan fingerprint density at radius 3 is 2.59 bits per heavy atom. The lowest BCUT2D eigenvalue weighted by atomic mass is 10.1. The molecule has 3 heterocycles. The number of benzene rings is 1. The first-order chi connectivity index (χ1) is 13.0. The number of aromatic nitrogens is 1. The zero-order valence-electron chi connectivity index (χ0n) is 15.3. The van der Waals surface area contributed by atoms with Gasteiger partial charge < -0.3 is 4.90 Å². The fourth-order valence-corrected chi connectivity index (χ4v) is 4.34. The van der Waals surface area contributed by atoms with Gasteiger partial charge in [-0.25, -0.2) is 9.98 Å². The molecule has 1 saturated heterocycles. The molecule has 136 valence electrons. The molecule has 0 bridgehead atoms. The van der Waals surface area contributed by atoms with E-state index in [1.807, 2.05) is 50.2 Å². The van der Waals surface area contributed by atoms with Gasteiger partial charge in [-0.3, -0.25) is 14.5 Å². The number of likely N-dealkylation sites (N-methyl/N-ethyl adjacent to an activating group) is 2. The van der Waals surface area contributed by atoms with E-state index in [1.54, 1.807) is 22.9 Å². The SMILES string of the molecule is CCN1C(=O)/C(=C2/C(=O)N(C)c3ccccc32)S/C1=N/c1cccc(C)n1. The number of amidine groups is 1. The van der Waals surface area contributed by atoms with E-state index in [9.17, 15) is 9.59 Å². The maximum absolute atomic E-state index is 13.0. The van der Waals surface area contributed by atoms with Gasteiger partial charge in [-0.2, -0.15) is 0 Å². The van der Waals surface area contributed by atoms with Crippen molar-refractivity contribution in [3.63, 3.8) is 0 Å². The van der Waals surface area contributed by atoms with Crippen LogP contribution in [0.2, 0.25) is 0 Å². The van der Waals surface area contributed by atoms with E-state index in [2.05, 4.69) is 9.98 Å². The second kappa shape index (κ2) is 6.66. The highest BCUT2D eigenvalue weighted by Crippen LogP contribution is 2.44. The normalized spacial score (nSPS) is 20.8. The Kier molecular flexibility index (Phi) is 4.31. The molecular formula is C20H18N4O2S. The summed E-state index contributed by atoms with van der Waals surface area (Å²) in [5, 5.41) is 0.544. The van der Waals surface area contributed by atoms with E-state index in [-0.39, 0.29) is 11.8 Å². The first-order valence-corrected chi connectivity index (χ1v) is 9.46. The molecule has 0 saturated carbocycles. The number of thioether (sulfide) groups is 1. The number of amides is 2. The number of fused-ring (bicyclic) bond motifs is 1. The second-order valence-corrected chi connectivity index (χ2v) is 7.25. The zero-order chi connectivity index (χ0) is 19.1. The summed E-state index contributed by atoms with van der Waals surface area (Å²) in [5.41, 5.74) is 2.90. The minimum Gasteiger partial charge on any atom is -0.311 e. The fourth-order valence-electron chi connectivity index (χ4n) is 3.20. The standard InChI is InChI=1S/C20H18N4O2S/c1-4-24-19(26)17(27-20(24)22-15-11-7-8-12(2)21-15)16-13-9-5-6-10-14(13)23(3)18(16)25/h5-11H,4H2,1-3H3/b17-16-,22-20+. The van der Waals surface area contributed by atoms with Crippen LogP contribution in [0.5, 0.6) is 0 Å². The molecule has 27 heavy (non-hydrogen) atoms. The molecule has 0 aliphatic carbocycles. The number of hydrogen-bond acceptors (Lipinski definition) is 5. The van der Waals surface area contributed by atoms with Crippen molar-refractivity contribution in [2.45, 2.75) is 13.8 Å². The van der Waals surface area contributed by atoms with Crippen molar-refractivity contribution in [1.29, 1.82) is 0 Å². The van der Waals surface area contributed by atoms with Crippen LogP contribution in [-0.4, -0.2) is 40.5 Å². The van der Waals surface area contributed by atoms with Crippen molar-refractivity contribution in [2.24, 2.45) is 4.99 Å². The van der Waals surface area contributed by atoms with Crippen LogP contribution in [0, 0.1) is 6.92 Å². The number of pyridine rings is 1. The Labute approximate surface area is 161 Å². The third-order valence-electron chi connectivity index (χ3n) is 4.54. The van der Waals surface area contributed by atoms with Gasteiger partial charge >= 0.3 is 0 Å². The smallest absolute Gasteiger partial charge is 0.267 e. The Morgan fingerprint density at radius 1 is 1.07 bits per heavy atom. The van der Waals surface area contributed by atoms with Gasteiger partial charge in [0.1, 0.15) is 0 Å². The monoisotopic (exact) mass is 378 g/mol. The first-order valence-electron chi connectivity index (χ1n) is 8.65. The van der Waals surface area contributed by atoms with Gasteiger partial charge in [-0.1, -0.05) is 24.3 Å². The average Bonchev–Trinajstić information content (AvgIpc) is 3.09. The molecule has 7 heteroatoms. The molecule has 0 atom stereocenters. The lowest BCUT2D eigenvalue weighted by Gasteiger charge is -2.12. The number of aryl methyl sites for hydroxylation is 1. The van der Waals surface area contributed by atoms with Gasteiger partial charge in [0.25, 0.3) is 11.8 Å². The maximum atomic E-state index is 13.0. The van der Waals surface area contributed by atoms with Crippen molar-refractivity contribution in [1.82, 2.24) is 9.88 Å². The van der Waals surface area contributed by atoms with Crippen LogP contribution in [-0.2, 0) is 9.59 Å². The van der Waals surface area contributed by atoms with Gasteiger partial charge in [0.15, 0.2) is 11.0 Å². The molecule has 0 radical (unpaired) electrons. The number of carbonyl (C=O) groups is 2. The molecule has 1 fully saturated rings. The van der Waals surface area contributed by atoms with Gasteiger partial charge in [0, 0.05) is 24.8 Å². The summed E-state index contributed by atoms with van der Waals surface area (Å²) in [6.45, 7) is 4.26. The fraction of sp³-hybridized carbons (Fsp3) is 0.200. The molecule has 2 amide bonds. The Morgan fingerprint density at radius 2 is 1.85 bits per heavy atom. The number of nitrogens with zero attached hydrogens (tertiary/aromatic N) is 4. The van der Waals surface area contributed by atoms with Crippen LogP contribution in [0.3, 0.4) is 0 Å². The van der Waals surface area contributed by atoms with Gasteiger partial charge in [0.05, 0.1) is 16.2 Å². The predicted octanol–water partition coefficient (Wildman–Crippen LogP) is 3.36. The summed E-state index contributed by atoms with van der Waals surface area (Å²) in [6.07, 6.45) is 0. The van der Waals surface area contributed by atoms with Gasteiger partial charge in [-0.05, 0) is 43.8 Å². The molecule has 0 unspecified atom stereocenters. The zero-order valence-corrected chi connectivity index (χ0v) is 16.1. The van der Waals surface area contributed by atoms with Crippen LogP contribution in [0.1, 0.15) is 18.2 Å². The second-order valence-electron chi connectivity index (χ2n) is 6.27.